The minimum absolute atomic E-state index is 0.0625. The van der Waals surface area contributed by atoms with Crippen LogP contribution in [-0.2, 0) is 6.54 Å². The van der Waals surface area contributed by atoms with Crippen LogP contribution >= 0.6 is 23.4 Å². The Morgan fingerprint density at radius 3 is 2.73 bits per heavy atom. The fourth-order valence-corrected chi connectivity index (χ4v) is 3.30. The van der Waals surface area contributed by atoms with Gasteiger partial charge in [-0.1, -0.05) is 41.6 Å². The van der Waals surface area contributed by atoms with E-state index < -0.39 is 11.7 Å². The minimum Gasteiger partial charge on any atom is -0.345 e. The summed E-state index contributed by atoms with van der Waals surface area (Å²) >= 11 is 7.39. The Labute approximate surface area is 159 Å². The number of aromatic nitrogens is 3. The van der Waals surface area contributed by atoms with Gasteiger partial charge in [-0.05, 0) is 43.0 Å². The lowest BCUT2D eigenvalue weighted by atomic mass is 10.2. The van der Waals surface area contributed by atoms with Crippen LogP contribution in [0.25, 0.3) is 5.69 Å². The second-order valence-electron chi connectivity index (χ2n) is 5.56. The van der Waals surface area contributed by atoms with Crippen LogP contribution in [0.5, 0.6) is 0 Å². The van der Waals surface area contributed by atoms with Crippen LogP contribution in [0.3, 0.4) is 0 Å². The summed E-state index contributed by atoms with van der Waals surface area (Å²) in [6.07, 6.45) is 1.90. The average Bonchev–Trinajstić information content (AvgIpc) is 3.03. The van der Waals surface area contributed by atoms with Crippen molar-refractivity contribution in [2.75, 3.05) is 6.26 Å². The molecule has 8 heteroatoms. The summed E-state index contributed by atoms with van der Waals surface area (Å²) in [5.41, 5.74) is 1.81. The molecule has 0 aliphatic rings. The molecule has 0 spiro atoms. The highest BCUT2D eigenvalue weighted by Gasteiger charge is 2.18. The lowest BCUT2D eigenvalue weighted by molar-refractivity contribution is 0.0946. The Balaban J connectivity index is 1.87. The van der Waals surface area contributed by atoms with E-state index in [2.05, 4.69) is 15.5 Å². The van der Waals surface area contributed by atoms with E-state index in [0.29, 0.717) is 11.0 Å². The predicted molar refractivity (Wildman–Crippen MR) is 100 cm³/mol. The first-order chi connectivity index (χ1) is 12.5. The predicted octanol–water partition coefficient (Wildman–Crippen LogP) is 4.02. The molecule has 0 saturated carbocycles. The number of nitrogens with one attached hydrogen (secondary N) is 1. The maximum atomic E-state index is 13.9. The number of halogens is 2. The maximum Gasteiger partial charge on any atom is 0.256 e. The highest BCUT2D eigenvalue weighted by Crippen LogP contribution is 2.22. The quantitative estimate of drug-likeness (QED) is 0.668. The van der Waals surface area contributed by atoms with E-state index in [4.69, 9.17) is 11.6 Å². The molecule has 0 unspecified atom stereocenters. The van der Waals surface area contributed by atoms with Crippen LogP contribution in [0, 0.1) is 12.7 Å². The largest absolute Gasteiger partial charge is 0.345 e. The van der Waals surface area contributed by atoms with E-state index in [-0.39, 0.29) is 17.1 Å². The molecule has 2 aromatic carbocycles. The van der Waals surface area contributed by atoms with Gasteiger partial charge in [0.2, 0.25) is 0 Å². The molecule has 1 amide bonds. The normalized spacial score (nSPS) is 10.8. The number of aryl methyl sites for hydroxylation is 1. The molecule has 0 radical (unpaired) electrons. The first kappa shape index (κ1) is 18.4. The Kier molecular flexibility index (Phi) is 5.58. The molecule has 1 heterocycles. The van der Waals surface area contributed by atoms with Gasteiger partial charge in [-0.15, -0.1) is 10.2 Å². The molecule has 134 valence electrons. The van der Waals surface area contributed by atoms with Crippen molar-refractivity contribution in [3.63, 3.8) is 0 Å². The van der Waals surface area contributed by atoms with Crippen molar-refractivity contribution < 1.29 is 9.18 Å². The van der Waals surface area contributed by atoms with Crippen molar-refractivity contribution >= 4 is 29.3 Å². The van der Waals surface area contributed by atoms with Gasteiger partial charge in [-0.3, -0.25) is 9.36 Å². The molecule has 5 nitrogen and oxygen atoms in total. The van der Waals surface area contributed by atoms with Crippen LogP contribution in [0.1, 0.15) is 21.7 Å². The molecule has 1 N–H and O–H groups in total. The molecular weight excluding hydrogens is 375 g/mol. The SMILES string of the molecule is CSc1nnc(CNC(=O)c2c(F)cccc2Cl)n1-c1cccc(C)c1. The van der Waals surface area contributed by atoms with Crippen molar-refractivity contribution in [3.8, 4) is 5.69 Å². The third-order valence-electron chi connectivity index (χ3n) is 3.74. The van der Waals surface area contributed by atoms with E-state index in [1.54, 1.807) is 0 Å². The summed E-state index contributed by atoms with van der Waals surface area (Å²) in [5.74, 6) is -0.724. The molecule has 0 atom stereocenters. The smallest absolute Gasteiger partial charge is 0.256 e. The van der Waals surface area contributed by atoms with Gasteiger partial charge in [-0.2, -0.15) is 0 Å². The zero-order valence-electron chi connectivity index (χ0n) is 14.2. The first-order valence-corrected chi connectivity index (χ1v) is 9.39. The Bertz CT molecular complexity index is 940. The fourth-order valence-electron chi connectivity index (χ4n) is 2.54. The van der Waals surface area contributed by atoms with Gasteiger partial charge in [0, 0.05) is 5.69 Å². The Morgan fingerprint density at radius 2 is 2.04 bits per heavy atom. The number of carbonyl (C=O) groups is 1. The van der Waals surface area contributed by atoms with Crippen molar-refractivity contribution in [1.29, 1.82) is 0 Å². The molecular formula is C18H16ClFN4OS. The van der Waals surface area contributed by atoms with E-state index in [1.165, 1.54) is 30.0 Å². The van der Waals surface area contributed by atoms with Crippen LogP contribution < -0.4 is 5.32 Å². The monoisotopic (exact) mass is 390 g/mol. The van der Waals surface area contributed by atoms with Crippen molar-refractivity contribution in [2.45, 2.75) is 18.6 Å². The maximum absolute atomic E-state index is 13.9. The van der Waals surface area contributed by atoms with E-state index >= 15 is 0 Å². The number of nitrogens with zero attached hydrogens (tertiary/aromatic N) is 3. The summed E-state index contributed by atoms with van der Waals surface area (Å²) in [6, 6.07) is 12.0. The number of hydrogen-bond donors (Lipinski definition) is 1. The van der Waals surface area contributed by atoms with E-state index in [1.807, 2.05) is 42.0 Å². The summed E-state index contributed by atoms with van der Waals surface area (Å²) in [6.45, 7) is 2.08. The second kappa shape index (κ2) is 7.88. The number of amides is 1. The number of thioether (sulfide) groups is 1. The van der Waals surface area contributed by atoms with Crippen molar-refractivity contribution in [1.82, 2.24) is 20.1 Å². The summed E-state index contributed by atoms with van der Waals surface area (Å²) < 4.78 is 15.8. The number of benzene rings is 2. The van der Waals surface area contributed by atoms with Gasteiger partial charge in [0.05, 0.1) is 17.1 Å². The van der Waals surface area contributed by atoms with Gasteiger partial charge >= 0.3 is 0 Å². The third kappa shape index (κ3) is 3.73. The lowest BCUT2D eigenvalue weighted by Crippen LogP contribution is -2.26. The molecule has 0 bridgehead atoms. The fraction of sp³-hybridized carbons (Fsp3) is 0.167. The zero-order valence-corrected chi connectivity index (χ0v) is 15.7. The topological polar surface area (TPSA) is 59.8 Å². The highest BCUT2D eigenvalue weighted by molar-refractivity contribution is 7.98. The van der Waals surface area contributed by atoms with Crippen LogP contribution in [0.2, 0.25) is 5.02 Å². The molecule has 3 rings (SSSR count). The van der Waals surface area contributed by atoms with E-state index in [9.17, 15) is 9.18 Å². The van der Waals surface area contributed by atoms with Gasteiger partial charge in [-0.25, -0.2) is 4.39 Å². The summed E-state index contributed by atoms with van der Waals surface area (Å²) in [4.78, 5) is 12.3. The lowest BCUT2D eigenvalue weighted by Gasteiger charge is -2.11. The highest BCUT2D eigenvalue weighted by atomic mass is 35.5. The summed E-state index contributed by atoms with van der Waals surface area (Å²) in [7, 11) is 0. The number of rotatable bonds is 5. The molecule has 26 heavy (non-hydrogen) atoms. The van der Waals surface area contributed by atoms with Gasteiger partial charge < -0.3 is 5.32 Å². The van der Waals surface area contributed by atoms with Crippen molar-refractivity contribution in [2.24, 2.45) is 0 Å². The molecule has 0 aliphatic heterocycles. The second-order valence-corrected chi connectivity index (χ2v) is 6.74. The first-order valence-electron chi connectivity index (χ1n) is 7.78. The van der Waals surface area contributed by atoms with Gasteiger partial charge in [0.1, 0.15) is 5.82 Å². The number of carbonyl (C=O) groups excluding carboxylic acids is 1. The number of hydrogen-bond acceptors (Lipinski definition) is 4. The van der Waals surface area contributed by atoms with Crippen LogP contribution in [0.4, 0.5) is 4.39 Å². The summed E-state index contributed by atoms with van der Waals surface area (Å²) in [5, 5.41) is 11.7. The molecule has 1 aromatic heterocycles. The third-order valence-corrected chi connectivity index (χ3v) is 4.68. The van der Waals surface area contributed by atoms with Crippen LogP contribution in [-0.4, -0.2) is 26.9 Å². The minimum atomic E-state index is -0.667. The Hall–Kier alpha value is -2.38. The van der Waals surface area contributed by atoms with Crippen molar-refractivity contribution in [3.05, 3.63) is 70.3 Å². The molecule has 0 fully saturated rings. The van der Waals surface area contributed by atoms with Gasteiger partial charge in [0.15, 0.2) is 11.0 Å². The molecule has 0 aliphatic carbocycles. The molecule has 3 aromatic rings. The zero-order chi connectivity index (χ0) is 18.7. The Morgan fingerprint density at radius 1 is 1.27 bits per heavy atom. The molecule has 0 saturated heterocycles. The van der Waals surface area contributed by atoms with Gasteiger partial charge in [0.25, 0.3) is 5.91 Å². The van der Waals surface area contributed by atoms with E-state index in [0.717, 1.165) is 11.3 Å². The average molecular weight is 391 g/mol. The standard InChI is InChI=1S/C18H16ClFN4OS/c1-11-5-3-6-12(9-11)24-15(22-23-18(24)26-2)10-21-17(25)16-13(19)7-4-8-14(16)20/h3-9H,10H2,1-2H3,(H,21,25). The van der Waals surface area contributed by atoms with Crippen LogP contribution in [0.15, 0.2) is 47.6 Å².